The van der Waals surface area contributed by atoms with Crippen LogP contribution in [-0.4, -0.2) is 31.8 Å². The molecule has 0 spiro atoms. The number of nitrogens with one attached hydrogen (secondary N) is 2. The molecule has 0 fully saturated rings. The van der Waals surface area contributed by atoms with Gasteiger partial charge in [0.15, 0.2) is 5.82 Å². The second kappa shape index (κ2) is 5.65. The monoisotopic (exact) mass is 303 g/mol. The lowest BCUT2D eigenvalue weighted by Gasteiger charge is -2.06. The predicted octanol–water partition coefficient (Wildman–Crippen LogP) is 2.04. The molecule has 8 heteroatoms. The Hall–Kier alpha value is -2.22. The van der Waals surface area contributed by atoms with Crippen LogP contribution >= 0.6 is 11.3 Å². The van der Waals surface area contributed by atoms with Crippen LogP contribution in [0.3, 0.4) is 0 Å². The van der Waals surface area contributed by atoms with Gasteiger partial charge in [0.2, 0.25) is 5.95 Å². The lowest BCUT2D eigenvalue weighted by Crippen LogP contribution is -2.06. The van der Waals surface area contributed by atoms with Crippen molar-refractivity contribution in [3.63, 3.8) is 0 Å². The molecule has 3 aromatic heterocycles. The van der Waals surface area contributed by atoms with Crippen LogP contribution in [0.2, 0.25) is 0 Å². The first-order valence-electron chi connectivity index (χ1n) is 6.76. The molecule has 2 N–H and O–H groups in total. The second-order valence-corrected chi connectivity index (χ2v) is 5.73. The van der Waals surface area contributed by atoms with E-state index < -0.39 is 0 Å². The minimum absolute atomic E-state index is 0.535. The molecule has 0 aliphatic heterocycles. The van der Waals surface area contributed by atoms with Crippen molar-refractivity contribution in [2.45, 2.75) is 19.9 Å². The molecule has 0 aliphatic carbocycles. The Morgan fingerprint density at radius 1 is 1.33 bits per heavy atom. The SMILES string of the molecule is CCc1cc2c(NCc3ncn(C)n3)nc(NC)nc2s1. The van der Waals surface area contributed by atoms with Crippen molar-refractivity contribution >= 4 is 33.3 Å². The van der Waals surface area contributed by atoms with Crippen molar-refractivity contribution < 1.29 is 0 Å². The van der Waals surface area contributed by atoms with Gasteiger partial charge in [-0.3, -0.25) is 4.68 Å². The topological polar surface area (TPSA) is 80.5 Å². The maximum Gasteiger partial charge on any atom is 0.225 e. The van der Waals surface area contributed by atoms with Gasteiger partial charge in [-0.2, -0.15) is 10.1 Å². The Bertz CT molecular complexity index is 761. The molecule has 7 nitrogen and oxygen atoms in total. The van der Waals surface area contributed by atoms with Crippen molar-refractivity contribution in [2.24, 2.45) is 7.05 Å². The zero-order valence-corrected chi connectivity index (χ0v) is 13.0. The highest BCUT2D eigenvalue weighted by atomic mass is 32.1. The molecule has 0 amide bonds. The summed E-state index contributed by atoms with van der Waals surface area (Å²) in [6, 6.07) is 2.15. The Morgan fingerprint density at radius 2 is 2.19 bits per heavy atom. The molecule has 0 aliphatic rings. The molecule has 0 aromatic carbocycles. The molecule has 0 saturated heterocycles. The number of fused-ring (bicyclic) bond motifs is 1. The standard InChI is InChI=1S/C13H17N7S/c1-4-8-5-9-11(15-6-10-16-7-20(3)19-10)17-13(14-2)18-12(9)21-8/h5,7H,4,6H2,1-3H3,(H2,14,15,17,18). The van der Waals surface area contributed by atoms with Crippen LogP contribution in [0.25, 0.3) is 10.2 Å². The minimum Gasteiger partial charge on any atom is -0.362 e. The third-order valence-electron chi connectivity index (χ3n) is 3.08. The third kappa shape index (κ3) is 2.80. The zero-order valence-electron chi connectivity index (χ0n) is 12.2. The van der Waals surface area contributed by atoms with Crippen molar-refractivity contribution in [1.82, 2.24) is 24.7 Å². The lowest BCUT2D eigenvalue weighted by atomic mass is 10.3. The maximum atomic E-state index is 4.50. The molecular weight excluding hydrogens is 286 g/mol. The average molecular weight is 303 g/mol. The highest BCUT2D eigenvalue weighted by Crippen LogP contribution is 2.30. The molecule has 3 heterocycles. The number of rotatable bonds is 5. The lowest BCUT2D eigenvalue weighted by molar-refractivity contribution is 0.747. The summed E-state index contributed by atoms with van der Waals surface area (Å²) >= 11 is 1.70. The van der Waals surface area contributed by atoms with Gasteiger partial charge < -0.3 is 10.6 Å². The van der Waals surface area contributed by atoms with E-state index in [1.807, 2.05) is 14.1 Å². The minimum atomic E-state index is 0.535. The van der Waals surface area contributed by atoms with Crippen LogP contribution in [0, 0.1) is 0 Å². The molecular formula is C13H17N7S. The summed E-state index contributed by atoms with van der Waals surface area (Å²) in [7, 11) is 3.67. The first-order chi connectivity index (χ1) is 10.2. The first-order valence-corrected chi connectivity index (χ1v) is 7.58. The van der Waals surface area contributed by atoms with Crippen molar-refractivity contribution in [3.8, 4) is 0 Å². The Balaban J connectivity index is 1.93. The summed E-state index contributed by atoms with van der Waals surface area (Å²) in [4.78, 5) is 15.5. The fourth-order valence-electron chi connectivity index (χ4n) is 2.02. The van der Waals surface area contributed by atoms with E-state index in [1.165, 1.54) is 4.88 Å². The van der Waals surface area contributed by atoms with E-state index in [0.717, 1.165) is 28.3 Å². The van der Waals surface area contributed by atoms with Crippen LogP contribution in [0.4, 0.5) is 11.8 Å². The molecule has 0 unspecified atom stereocenters. The van der Waals surface area contributed by atoms with E-state index in [-0.39, 0.29) is 0 Å². The van der Waals surface area contributed by atoms with Gasteiger partial charge in [0.05, 0.1) is 11.9 Å². The van der Waals surface area contributed by atoms with Crippen LogP contribution in [0.15, 0.2) is 12.4 Å². The largest absolute Gasteiger partial charge is 0.362 e. The summed E-state index contributed by atoms with van der Waals surface area (Å²) in [5, 5.41) is 11.6. The van der Waals surface area contributed by atoms with Gasteiger partial charge in [0.1, 0.15) is 17.0 Å². The average Bonchev–Trinajstić information content (AvgIpc) is 3.10. The zero-order chi connectivity index (χ0) is 14.8. The first kappa shape index (κ1) is 13.7. The van der Waals surface area contributed by atoms with Gasteiger partial charge in [-0.15, -0.1) is 11.3 Å². The molecule has 110 valence electrons. The van der Waals surface area contributed by atoms with Gasteiger partial charge in [-0.05, 0) is 12.5 Å². The van der Waals surface area contributed by atoms with Crippen molar-refractivity contribution in [3.05, 3.63) is 23.1 Å². The molecule has 21 heavy (non-hydrogen) atoms. The van der Waals surface area contributed by atoms with E-state index in [2.05, 4.69) is 43.7 Å². The van der Waals surface area contributed by atoms with Gasteiger partial charge >= 0.3 is 0 Å². The normalized spacial score (nSPS) is 11.0. The highest BCUT2D eigenvalue weighted by molar-refractivity contribution is 7.18. The molecule has 0 saturated carbocycles. The van der Waals surface area contributed by atoms with Gasteiger partial charge in [-0.1, -0.05) is 6.92 Å². The molecule has 3 rings (SSSR count). The van der Waals surface area contributed by atoms with E-state index >= 15 is 0 Å². The number of aromatic nitrogens is 5. The highest BCUT2D eigenvalue weighted by Gasteiger charge is 2.11. The molecule has 0 bridgehead atoms. The number of hydrogen-bond acceptors (Lipinski definition) is 7. The van der Waals surface area contributed by atoms with Crippen LogP contribution in [0.1, 0.15) is 17.6 Å². The summed E-state index contributed by atoms with van der Waals surface area (Å²) < 4.78 is 1.69. The number of anilines is 2. The number of nitrogens with zero attached hydrogens (tertiary/aromatic N) is 5. The van der Waals surface area contributed by atoms with Gasteiger partial charge in [0, 0.05) is 19.0 Å². The summed E-state index contributed by atoms with van der Waals surface area (Å²) in [6.07, 6.45) is 2.68. The second-order valence-electron chi connectivity index (χ2n) is 4.62. The third-order valence-corrected chi connectivity index (χ3v) is 4.25. The molecule has 3 aromatic rings. The van der Waals surface area contributed by atoms with E-state index in [4.69, 9.17) is 0 Å². The Morgan fingerprint density at radius 3 is 2.86 bits per heavy atom. The van der Waals surface area contributed by atoms with E-state index in [1.54, 1.807) is 22.3 Å². The van der Waals surface area contributed by atoms with Crippen molar-refractivity contribution in [2.75, 3.05) is 17.7 Å². The Kier molecular flexibility index (Phi) is 3.70. The number of aryl methyl sites for hydroxylation is 2. The van der Waals surface area contributed by atoms with Crippen LogP contribution in [0.5, 0.6) is 0 Å². The van der Waals surface area contributed by atoms with Gasteiger partial charge in [-0.25, -0.2) is 9.97 Å². The summed E-state index contributed by atoms with van der Waals surface area (Å²) in [5.41, 5.74) is 0. The fraction of sp³-hybridized carbons (Fsp3) is 0.385. The quantitative estimate of drug-likeness (QED) is 0.751. The van der Waals surface area contributed by atoms with E-state index in [0.29, 0.717) is 12.5 Å². The maximum absolute atomic E-state index is 4.50. The van der Waals surface area contributed by atoms with Gasteiger partial charge in [0.25, 0.3) is 0 Å². The molecule has 0 atom stereocenters. The van der Waals surface area contributed by atoms with Crippen LogP contribution < -0.4 is 10.6 Å². The van der Waals surface area contributed by atoms with Crippen LogP contribution in [-0.2, 0) is 20.0 Å². The van der Waals surface area contributed by atoms with Crippen molar-refractivity contribution in [1.29, 1.82) is 0 Å². The fourth-order valence-corrected chi connectivity index (χ4v) is 2.99. The summed E-state index contributed by atoms with van der Waals surface area (Å²) in [5.74, 6) is 2.16. The molecule has 0 radical (unpaired) electrons. The summed E-state index contributed by atoms with van der Waals surface area (Å²) in [6.45, 7) is 2.68. The smallest absolute Gasteiger partial charge is 0.225 e. The predicted molar refractivity (Wildman–Crippen MR) is 84.7 cm³/mol. The number of hydrogen-bond donors (Lipinski definition) is 2. The Labute approximate surface area is 126 Å². The number of thiophene rings is 1. The van der Waals surface area contributed by atoms with E-state index in [9.17, 15) is 0 Å².